The SMILES string of the molecule is O=C(c1cnn2ccncc12)N1CCCC1CBr. The molecule has 2 aromatic rings. The predicted octanol–water partition coefficient (Wildman–Crippen LogP) is 1.73. The fourth-order valence-electron chi connectivity index (χ4n) is 2.42. The fraction of sp³-hybridized carbons (Fsp3) is 0.417. The molecular formula is C12H13BrN4O. The molecule has 1 atom stereocenters. The molecule has 3 rings (SSSR count). The van der Waals surface area contributed by atoms with Crippen LogP contribution in [0.15, 0.2) is 24.8 Å². The molecule has 5 nitrogen and oxygen atoms in total. The molecule has 0 aromatic carbocycles. The highest BCUT2D eigenvalue weighted by molar-refractivity contribution is 9.09. The molecule has 1 amide bonds. The van der Waals surface area contributed by atoms with E-state index < -0.39 is 0 Å². The van der Waals surface area contributed by atoms with Crippen molar-refractivity contribution >= 4 is 27.4 Å². The maximum Gasteiger partial charge on any atom is 0.258 e. The Morgan fingerprint density at radius 1 is 1.50 bits per heavy atom. The number of halogens is 1. The van der Waals surface area contributed by atoms with Gasteiger partial charge in [-0.15, -0.1) is 0 Å². The third-order valence-electron chi connectivity index (χ3n) is 3.37. The number of fused-ring (bicyclic) bond motifs is 1. The lowest BCUT2D eigenvalue weighted by Gasteiger charge is -2.22. The lowest BCUT2D eigenvalue weighted by atomic mass is 10.2. The molecule has 18 heavy (non-hydrogen) atoms. The number of nitrogens with zero attached hydrogens (tertiary/aromatic N) is 4. The van der Waals surface area contributed by atoms with E-state index in [1.165, 1.54) is 0 Å². The number of hydrogen-bond acceptors (Lipinski definition) is 3. The van der Waals surface area contributed by atoms with E-state index in [1.807, 2.05) is 4.90 Å². The van der Waals surface area contributed by atoms with E-state index in [1.54, 1.807) is 29.3 Å². The van der Waals surface area contributed by atoms with Gasteiger partial charge in [0.15, 0.2) is 0 Å². The van der Waals surface area contributed by atoms with Gasteiger partial charge in [-0.05, 0) is 12.8 Å². The summed E-state index contributed by atoms with van der Waals surface area (Å²) in [6.07, 6.45) is 8.85. The highest BCUT2D eigenvalue weighted by Crippen LogP contribution is 2.22. The van der Waals surface area contributed by atoms with Crippen LogP contribution in [0, 0.1) is 0 Å². The Morgan fingerprint density at radius 2 is 2.39 bits per heavy atom. The number of amides is 1. The summed E-state index contributed by atoms with van der Waals surface area (Å²) < 4.78 is 1.68. The molecule has 0 radical (unpaired) electrons. The first-order valence-electron chi connectivity index (χ1n) is 5.95. The molecule has 1 aliphatic heterocycles. The minimum Gasteiger partial charge on any atom is -0.335 e. The van der Waals surface area contributed by atoms with Gasteiger partial charge in [0.25, 0.3) is 5.91 Å². The lowest BCUT2D eigenvalue weighted by molar-refractivity contribution is 0.0752. The molecule has 6 heteroatoms. The number of carbonyl (C=O) groups excluding carboxylic acids is 1. The number of carbonyl (C=O) groups is 1. The van der Waals surface area contributed by atoms with Crippen molar-refractivity contribution in [3.63, 3.8) is 0 Å². The van der Waals surface area contributed by atoms with Gasteiger partial charge < -0.3 is 4.90 Å². The average molecular weight is 309 g/mol. The van der Waals surface area contributed by atoms with Crippen LogP contribution in [-0.2, 0) is 0 Å². The van der Waals surface area contributed by atoms with Crippen molar-refractivity contribution in [1.29, 1.82) is 0 Å². The van der Waals surface area contributed by atoms with Crippen molar-refractivity contribution in [2.24, 2.45) is 0 Å². The molecule has 0 bridgehead atoms. The van der Waals surface area contributed by atoms with Crippen molar-refractivity contribution in [1.82, 2.24) is 19.5 Å². The topological polar surface area (TPSA) is 50.5 Å². The number of hydrogen-bond donors (Lipinski definition) is 0. The van der Waals surface area contributed by atoms with Crippen LogP contribution in [0.2, 0.25) is 0 Å². The summed E-state index contributed by atoms with van der Waals surface area (Å²) in [6.45, 7) is 0.826. The van der Waals surface area contributed by atoms with Crippen molar-refractivity contribution in [3.05, 3.63) is 30.4 Å². The molecule has 94 valence electrons. The van der Waals surface area contributed by atoms with Gasteiger partial charge >= 0.3 is 0 Å². The summed E-state index contributed by atoms with van der Waals surface area (Å²) in [5, 5.41) is 5.01. The normalized spacial score (nSPS) is 19.6. The molecule has 0 N–H and O–H groups in total. The zero-order chi connectivity index (χ0) is 12.5. The summed E-state index contributed by atoms with van der Waals surface area (Å²) in [4.78, 5) is 18.5. The highest BCUT2D eigenvalue weighted by Gasteiger charge is 2.29. The van der Waals surface area contributed by atoms with Crippen molar-refractivity contribution in [2.75, 3.05) is 11.9 Å². The van der Waals surface area contributed by atoms with Gasteiger partial charge in [0.2, 0.25) is 0 Å². The first kappa shape index (κ1) is 11.6. The third kappa shape index (κ3) is 1.80. The van der Waals surface area contributed by atoms with Gasteiger partial charge in [0.05, 0.1) is 23.5 Å². The summed E-state index contributed by atoms with van der Waals surface area (Å²) in [5.74, 6) is 0.0555. The van der Waals surface area contributed by atoms with Gasteiger partial charge in [-0.2, -0.15) is 5.10 Å². The van der Waals surface area contributed by atoms with Crippen LogP contribution < -0.4 is 0 Å². The second kappa shape index (κ2) is 4.68. The van der Waals surface area contributed by atoms with Crippen molar-refractivity contribution in [3.8, 4) is 0 Å². The summed E-state index contributed by atoms with van der Waals surface area (Å²) in [6, 6.07) is 0.295. The molecule has 0 aliphatic carbocycles. The van der Waals surface area contributed by atoms with Crippen LogP contribution in [-0.4, -0.2) is 43.3 Å². The standard InChI is InChI=1S/C12H13BrN4O/c13-6-9-2-1-4-16(9)12(18)10-7-15-17-5-3-14-8-11(10)17/h3,5,7-9H,1-2,4,6H2. The third-order valence-corrected chi connectivity index (χ3v) is 4.12. The lowest BCUT2D eigenvalue weighted by Crippen LogP contribution is -2.36. The number of likely N-dealkylation sites (tertiary alicyclic amines) is 1. The quantitative estimate of drug-likeness (QED) is 0.794. The van der Waals surface area contributed by atoms with Crippen LogP contribution in [0.1, 0.15) is 23.2 Å². The van der Waals surface area contributed by atoms with Gasteiger partial charge in [-0.1, -0.05) is 15.9 Å². The summed E-state index contributed by atoms with van der Waals surface area (Å²) in [7, 11) is 0. The molecule has 0 saturated carbocycles. The summed E-state index contributed by atoms with van der Waals surface area (Å²) >= 11 is 3.47. The van der Waals surface area contributed by atoms with Crippen molar-refractivity contribution in [2.45, 2.75) is 18.9 Å². The Morgan fingerprint density at radius 3 is 3.22 bits per heavy atom. The van der Waals surface area contributed by atoms with Crippen molar-refractivity contribution < 1.29 is 4.79 Å². The first-order chi connectivity index (χ1) is 8.81. The molecule has 1 unspecified atom stereocenters. The Bertz CT molecular complexity index is 582. The van der Waals surface area contributed by atoms with Gasteiger partial charge in [-0.25, -0.2) is 4.52 Å². The van der Waals surface area contributed by atoms with Crippen LogP contribution in [0.3, 0.4) is 0 Å². The second-order valence-corrected chi connectivity index (χ2v) is 5.06. The Hall–Kier alpha value is -1.43. The van der Waals surface area contributed by atoms with Crippen LogP contribution in [0.25, 0.3) is 5.52 Å². The van der Waals surface area contributed by atoms with E-state index in [2.05, 4.69) is 26.0 Å². The number of rotatable bonds is 2. The summed E-state index contributed by atoms with van der Waals surface area (Å²) in [5.41, 5.74) is 1.40. The van der Waals surface area contributed by atoms with E-state index >= 15 is 0 Å². The molecular weight excluding hydrogens is 296 g/mol. The van der Waals surface area contributed by atoms with Gasteiger partial charge in [0.1, 0.15) is 0 Å². The van der Waals surface area contributed by atoms with E-state index in [9.17, 15) is 4.79 Å². The van der Waals surface area contributed by atoms with E-state index in [-0.39, 0.29) is 5.91 Å². The predicted molar refractivity (Wildman–Crippen MR) is 70.8 cm³/mol. The molecule has 1 aliphatic rings. The number of aromatic nitrogens is 3. The average Bonchev–Trinajstić information content (AvgIpc) is 3.04. The van der Waals surface area contributed by atoms with E-state index in [0.717, 1.165) is 30.2 Å². The second-order valence-electron chi connectivity index (χ2n) is 4.41. The molecule has 1 saturated heterocycles. The van der Waals surface area contributed by atoms with E-state index in [0.29, 0.717) is 11.6 Å². The Kier molecular flexibility index (Phi) is 3.03. The monoisotopic (exact) mass is 308 g/mol. The zero-order valence-corrected chi connectivity index (χ0v) is 11.4. The minimum atomic E-state index is 0.0555. The largest absolute Gasteiger partial charge is 0.335 e. The molecule has 0 spiro atoms. The van der Waals surface area contributed by atoms with Gasteiger partial charge in [0, 0.05) is 30.3 Å². The first-order valence-corrected chi connectivity index (χ1v) is 7.07. The van der Waals surface area contributed by atoms with Crippen LogP contribution in [0.4, 0.5) is 0 Å². The Labute approximate surface area is 113 Å². The number of alkyl halides is 1. The van der Waals surface area contributed by atoms with E-state index in [4.69, 9.17) is 0 Å². The molecule has 1 fully saturated rings. The zero-order valence-electron chi connectivity index (χ0n) is 9.79. The maximum atomic E-state index is 12.5. The van der Waals surface area contributed by atoms with Gasteiger partial charge in [-0.3, -0.25) is 9.78 Å². The van der Waals surface area contributed by atoms with Crippen LogP contribution in [0.5, 0.6) is 0 Å². The highest BCUT2D eigenvalue weighted by atomic mass is 79.9. The fourth-order valence-corrected chi connectivity index (χ4v) is 3.09. The van der Waals surface area contributed by atoms with Crippen LogP contribution >= 0.6 is 15.9 Å². The maximum absolute atomic E-state index is 12.5. The smallest absolute Gasteiger partial charge is 0.258 e. The Balaban J connectivity index is 1.97. The minimum absolute atomic E-state index is 0.0555. The molecule has 2 aromatic heterocycles. The molecule has 3 heterocycles.